The van der Waals surface area contributed by atoms with E-state index in [9.17, 15) is 4.39 Å². The Balaban J connectivity index is 2.62. The lowest BCUT2D eigenvalue weighted by molar-refractivity contribution is 0.628. The number of nitrogens with zero attached hydrogens (tertiary/aromatic N) is 2. The summed E-state index contributed by atoms with van der Waals surface area (Å²) in [6.45, 7) is 1.82. The van der Waals surface area contributed by atoms with Gasteiger partial charge in [0, 0.05) is 16.8 Å². The van der Waals surface area contributed by atoms with Crippen molar-refractivity contribution in [2.24, 2.45) is 0 Å². The van der Waals surface area contributed by atoms with Gasteiger partial charge in [0.05, 0.1) is 5.69 Å². The number of aromatic nitrogens is 2. The number of halogens is 3. The fourth-order valence-electron chi connectivity index (χ4n) is 1.40. The lowest BCUT2D eigenvalue weighted by Gasteiger charge is -2.05. The topological polar surface area (TPSA) is 25.8 Å². The molecule has 0 radical (unpaired) electrons. The third kappa shape index (κ3) is 2.31. The summed E-state index contributed by atoms with van der Waals surface area (Å²) in [7, 11) is 0. The van der Waals surface area contributed by atoms with Crippen LogP contribution < -0.4 is 0 Å². The molecule has 1 aromatic carbocycles. The Morgan fingerprint density at radius 3 is 2.62 bits per heavy atom. The highest BCUT2D eigenvalue weighted by Gasteiger charge is 2.08. The van der Waals surface area contributed by atoms with Crippen molar-refractivity contribution in [1.82, 2.24) is 9.97 Å². The highest BCUT2D eigenvalue weighted by Crippen LogP contribution is 2.25. The van der Waals surface area contributed by atoms with Gasteiger partial charge >= 0.3 is 0 Å². The van der Waals surface area contributed by atoms with E-state index >= 15 is 0 Å². The summed E-state index contributed by atoms with van der Waals surface area (Å²) in [5, 5.41) is 0.449. The standard InChI is InChI=1S/C11H7Cl2FN2/c1-6-5-15-11(13)16-10(6)7-2-8(12)4-9(14)3-7/h2-5H,1H3. The van der Waals surface area contributed by atoms with Crippen LogP contribution in [0.2, 0.25) is 10.3 Å². The second-order valence-electron chi connectivity index (χ2n) is 3.33. The van der Waals surface area contributed by atoms with Gasteiger partial charge in [-0.1, -0.05) is 11.6 Å². The van der Waals surface area contributed by atoms with E-state index in [2.05, 4.69) is 9.97 Å². The van der Waals surface area contributed by atoms with Crippen molar-refractivity contribution in [3.63, 3.8) is 0 Å². The van der Waals surface area contributed by atoms with E-state index in [-0.39, 0.29) is 5.28 Å². The van der Waals surface area contributed by atoms with E-state index in [1.807, 2.05) is 6.92 Å². The zero-order valence-electron chi connectivity index (χ0n) is 8.34. The van der Waals surface area contributed by atoms with Crippen molar-refractivity contribution >= 4 is 23.2 Å². The van der Waals surface area contributed by atoms with Crippen LogP contribution in [0.1, 0.15) is 5.56 Å². The summed E-state index contributed by atoms with van der Waals surface area (Å²) in [5.74, 6) is -0.406. The summed E-state index contributed by atoms with van der Waals surface area (Å²) in [6, 6.07) is 4.23. The summed E-state index contributed by atoms with van der Waals surface area (Å²) in [4.78, 5) is 7.89. The number of rotatable bonds is 1. The molecule has 2 aromatic rings. The first kappa shape index (κ1) is 11.3. The van der Waals surface area contributed by atoms with Crippen molar-refractivity contribution in [1.29, 1.82) is 0 Å². The predicted molar refractivity (Wildman–Crippen MR) is 62.2 cm³/mol. The summed E-state index contributed by atoms with van der Waals surface area (Å²) >= 11 is 11.5. The summed E-state index contributed by atoms with van der Waals surface area (Å²) < 4.78 is 13.2. The van der Waals surface area contributed by atoms with Gasteiger partial charge in [0.15, 0.2) is 0 Å². The first-order valence-corrected chi connectivity index (χ1v) is 5.27. The predicted octanol–water partition coefficient (Wildman–Crippen LogP) is 3.90. The molecule has 2 rings (SSSR count). The molecule has 0 aliphatic carbocycles. The summed E-state index contributed by atoms with van der Waals surface area (Å²) in [5.41, 5.74) is 1.99. The van der Waals surface area contributed by atoms with Crippen molar-refractivity contribution in [2.75, 3.05) is 0 Å². The van der Waals surface area contributed by atoms with Crippen LogP contribution in [-0.4, -0.2) is 9.97 Å². The number of hydrogen-bond acceptors (Lipinski definition) is 2. The molecule has 0 aliphatic rings. The Hall–Kier alpha value is -1.19. The maximum atomic E-state index is 13.2. The third-order valence-corrected chi connectivity index (χ3v) is 2.48. The first-order valence-electron chi connectivity index (χ1n) is 4.52. The molecule has 82 valence electrons. The number of hydrogen-bond donors (Lipinski definition) is 0. The Morgan fingerprint density at radius 1 is 1.19 bits per heavy atom. The van der Waals surface area contributed by atoms with E-state index in [1.54, 1.807) is 12.3 Å². The Labute approximate surface area is 102 Å². The van der Waals surface area contributed by atoms with Crippen molar-refractivity contribution in [3.05, 3.63) is 46.1 Å². The molecule has 0 spiro atoms. The molecular formula is C11H7Cl2FN2. The zero-order chi connectivity index (χ0) is 11.7. The number of aryl methyl sites for hydroxylation is 1. The second kappa shape index (κ2) is 4.36. The fourth-order valence-corrected chi connectivity index (χ4v) is 1.76. The SMILES string of the molecule is Cc1cnc(Cl)nc1-c1cc(F)cc(Cl)c1. The minimum atomic E-state index is -0.406. The van der Waals surface area contributed by atoms with E-state index in [4.69, 9.17) is 23.2 Å². The van der Waals surface area contributed by atoms with Crippen molar-refractivity contribution < 1.29 is 4.39 Å². The first-order chi connectivity index (χ1) is 7.56. The van der Waals surface area contributed by atoms with Crippen LogP contribution in [0.3, 0.4) is 0 Å². The maximum absolute atomic E-state index is 13.2. The molecular weight excluding hydrogens is 250 g/mol. The van der Waals surface area contributed by atoms with Gasteiger partial charge in [-0.3, -0.25) is 0 Å². The molecule has 16 heavy (non-hydrogen) atoms. The third-order valence-electron chi connectivity index (χ3n) is 2.08. The molecule has 0 atom stereocenters. The highest BCUT2D eigenvalue weighted by atomic mass is 35.5. The largest absolute Gasteiger partial charge is 0.226 e. The van der Waals surface area contributed by atoms with Crippen LogP contribution >= 0.6 is 23.2 Å². The molecule has 0 bridgehead atoms. The Morgan fingerprint density at radius 2 is 1.94 bits per heavy atom. The van der Waals surface area contributed by atoms with Gasteiger partial charge < -0.3 is 0 Å². The van der Waals surface area contributed by atoms with Gasteiger partial charge in [-0.25, -0.2) is 14.4 Å². The van der Waals surface area contributed by atoms with Gasteiger partial charge in [-0.2, -0.15) is 0 Å². The Kier molecular flexibility index (Phi) is 3.08. The zero-order valence-corrected chi connectivity index (χ0v) is 9.85. The van der Waals surface area contributed by atoms with Crippen LogP contribution in [0.25, 0.3) is 11.3 Å². The van der Waals surface area contributed by atoms with Crippen LogP contribution in [0.4, 0.5) is 4.39 Å². The lowest BCUT2D eigenvalue weighted by Crippen LogP contribution is -1.92. The minimum Gasteiger partial charge on any atom is -0.226 e. The van der Waals surface area contributed by atoms with E-state index in [0.717, 1.165) is 5.56 Å². The molecule has 0 amide bonds. The Bertz CT molecular complexity index is 523. The van der Waals surface area contributed by atoms with Crippen LogP contribution in [0, 0.1) is 12.7 Å². The molecule has 1 aromatic heterocycles. The fraction of sp³-hybridized carbons (Fsp3) is 0.0909. The van der Waals surface area contributed by atoms with Gasteiger partial charge in [-0.15, -0.1) is 0 Å². The molecule has 0 saturated carbocycles. The molecule has 2 nitrogen and oxygen atoms in total. The molecule has 5 heteroatoms. The quantitative estimate of drug-likeness (QED) is 0.724. The van der Waals surface area contributed by atoms with E-state index in [1.165, 1.54) is 12.1 Å². The van der Waals surface area contributed by atoms with Gasteiger partial charge in [-0.05, 0) is 42.3 Å². The average molecular weight is 257 g/mol. The minimum absolute atomic E-state index is 0.126. The molecule has 0 N–H and O–H groups in total. The van der Waals surface area contributed by atoms with Gasteiger partial charge in [0.1, 0.15) is 5.82 Å². The molecule has 1 heterocycles. The molecule has 0 fully saturated rings. The number of benzene rings is 1. The highest BCUT2D eigenvalue weighted by molar-refractivity contribution is 6.31. The van der Waals surface area contributed by atoms with E-state index in [0.29, 0.717) is 16.3 Å². The van der Waals surface area contributed by atoms with E-state index < -0.39 is 5.82 Å². The van der Waals surface area contributed by atoms with Crippen LogP contribution in [-0.2, 0) is 0 Å². The monoisotopic (exact) mass is 256 g/mol. The van der Waals surface area contributed by atoms with Crippen molar-refractivity contribution in [3.8, 4) is 11.3 Å². The average Bonchev–Trinajstić information content (AvgIpc) is 2.20. The lowest BCUT2D eigenvalue weighted by atomic mass is 10.1. The molecule has 0 aliphatic heterocycles. The molecule has 0 unspecified atom stereocenters. The van der Waals surface area contributed by atoms with Crippen LogP contribution in [0.5, 0.6) is 0 Å². The van der Waals surface area contributed by atoms with Crippen LogP contribution in [0.15, 0.2) is 24.4 Å². The smallest absolute Gasteiger partial charge is 0.222 e. The normalized spacial score (nSPS) is 10.5. The maximum Gasteiger partial charge on any atom is 0.222 e. The molecule has 0 saturated heterocycles. The van der Waals surface area contributed by atoms with Gasteiger partial charge in [0.2, 0.25) is 5.28 Å². The summed E-state index contributed by atoms with van der Waals surface area (Å²) in [6.07, 6.45) is 1.59. The van der Waals surface area contributed by atoms with Crippen molar-refractivity contribution in [2.45, 2.75) is 6.92 Å². The second-order valence-corrected chi connectivity index (χ2v) is 4.10. The van der Waals surface area contributed by atoms with Gasteiger partial charge in [0.25, 0.3) is 0 Å².